The number of aromatic nitrogens is 1. The number of rotatable bonds is 1. The lowest BCUT2D eigenvalue weighted by atomic mass is 9.62. The van der Waals surface area contributed by atoms with Crippen molar-refractivity contribution < 1.29 is 9.59 Å². The standard InChI is InChI=1S/C20H25N2O/c1-3-12-10-22(2)18-9-15-13-6-4-5-7-17(13)21-20(15)19(22)8-14(12)16(18)11-23/h3-7,14,16,18-19,21,23H,8-11H2,1-2H3/q+1/b12-3-/t14-,16?,18+,19+,22?/m1/s1. The zero-order valence-corrected chi connectivity index (χ0v) is 13.9. The third kappa shape index (κ3) is 1.57. The molecular formula is C20H25N2O+. The van der Waals surface area contributed by atoms with Gasteiger partial charge in [0.25, 0.3) is 0 Å². The van der Waals surface area contributed by atoms with E-state index in [0.717, 1.165) is 17.4 Å². The van der Waals surface area contributed by atoms with Crippen LogP contribution in [0.5, 0.6) is 0 Å². The van der Waals surface area contributed by atoms with Crippen molar-refractivity contribution in [1.82, 2.24) is 4.98 Å². The Hall–Kier alpha value is -1.58. The number of fused-ring (bicyclic) bond motifs is 4. The third-order valence-electron chi connectivity index (χ3n) is 7.13. The highest BCUT2D eigenvalue weighted by Gasteiger charge is 2.61. The molecule has 1 aromatic heterocycles. The maximum Gasteiger partial charge on any atom is 0.131 e. The molecule has 0 aliphatic carbocycles. The Balaban J connectivity index is 1.73. The number of aliphatic hydroxyl groups excluding tert-OH is 1. The molecule has 3 fully saturated rings. The van der Waals surface area contributed by atoms with Crippen molar-refractivity contribution in [2.75, 3.05) is 20.2 Å². The fourth-order valence-corrected chi connectivity index (χ4v) is 6.02. The lowest BCUT2D eigenvalue weighted by molar-refractivity contribution is -0.978. The van der Waals surface area contributed by atoms with Gasteiger partial charge in [-0.25, -0.2) is 0 Å². The van der Waals surface area contributed by atoms with Gasteiger partial charge in [0.15, 0.2) is 0 Å². The summed E-state index contributed by atoms with van der Waals surface area (Å²) in [6.07, 6.45) is 4.59. The van der Waals surface area contributed by atoms with Crippen molar-refractivity contribution in [3.63, 3.8) is 0 Å². The first-order chi connectivity index (χ1) is 11.2. The summed E-state index contributed by atoms with van der Waals surface area (Å²) in [5, 5.41) is 11.5. The molecule has 0 amide bonds. The molecule has 0 spiro atoms. The second-order valence-corrected chi connectivity index (χ2v) is 7.91. The molecule has 2 N–H and O–H groups in total. The normalized spacial score (nSPS) is 39.9. The number of aliphatic hydroxyl groups is 1. The summed E-state index contributed by atoms with van der Waals surface area (Å²) in [6.45, 7) is 3.65. The Kier molecular flexibility index (Phi) is 2.70. The van der Waals surface area contributed by atoms with Crippen LogP contribution in [0.25, 0.3) is 10.9 Å². The van der Waals surface area contributed by atoms with Crippen LogP contribution in [-0.2, 0) is 6.42 Å². The fraction of sp³-hybridized carbons (Fsp3) is 0.500. The molecule has 5 atom stereocenters. The number of hydrogen-bond acceptors (Lipinski definition) is 1. The van der Waals surface area contributed by atoms with Crippen LogP contribution >= 0.6 is 0 Å². The third-order valence-corrected chi connectivity index (χ3v) is 7.13. The zero-order valence-electron chi connectivity index (χ0n) is 13.9. The van der Waals surface area contributed by atoms with Crippen LogP contribution in [0, 0.1) is 11.8 Å². The monoisotopic (exact) mass is 309 g/mol. The van der Waals surface area contributed by atoms with Crippen LogP contribution in [0.3, 0.4) is 0 Å². The molecule has 4 aliphatic heterocycles. The predicted molar refractivity (Wildman–Crippen MR) is 92.0 cm³/mol. The van der Waals surface area contributed by atoms with Gasteiger partial charge in [0.05, 0.1) is 25.4 Å². The van der Waals surface area contributed by atoms with Crippen LogP contribution in [-0.4, -0.2) is 40.8 Å². The molecule has 0 radical (unpaired) electrons. The smallest absolute Gasteiger partial charge is 0.131 e. The number of allylic oxidation sites excluding steroid dienone is 1. The van der Waals surface area contributed by atoms with Crippen LogP contribution < -0.4 is 0 Å². The van der Waals surface area contributed by atoms with Crippen molar-refractivity contribution in [2.45, 2.75) is 31.8 Å². The number of aromatic amines is 1. The van der Waals surface area contributed by atoms with Gasteiger partial charge in [-0.1, -0.05) is 24.3 Å². The number of nitrogens with zero attached hydrogens (tertiary/aromatic N) is 1. The number of nitrogens with one attached hydrogen (secondary N) is 1. The minimum Gasteiger partial charge on any atom is -0.396 e. The van der Waals surface area contributed by atoms with Gasteiger partial charge in [-0.3, -0.25) is 0 Å². The number of H-pyrrole nitrogens is 1. The lowest BCUT2D eigenvalue weighted by Crippen LogP contribution is -2.70. The summed E-state index contributed by atoms with van der Waals surface area (Å²) in [4.78, 5) is 3.75. The Labute approximate surface area is 137 Å². The van der Waals surface area contributed by atoms with Gasteiger partial charge < -0.3 is 14.6 Å². The highest BCUT2D eigenvalue weighted by molar-refractivity contribution is 5.85. The van der Waals surface area contributed by atoms with Crippen molar-refractivity contribution in [2.24, 2.45) is 11.8 Å². The van der Waals surface area contributed by atoms with Crippen molar-refractivity contribution in [3.05, 3.63) is 47.2 Å². The summed E-state index contributed by atoms with van der Waals surface area (Å²) in [6, 6.07) is 9.84. The first kappa shape index (κ1) is 13.8. The molecule has 3 saturated heterocycles. The summed E-state index contributed by atoms with van der Waals surface area (Å²) in [7, 11) is 2.42. The van der Waals surface area contributed by atoms with Crippen molar-refractivity contribution in [3.8, 4) is 0 Å². The summed E-state index contributed by atoms with van der Waals surface area (Å²) in [5.74, 6) is 0.984. The number of benzene rings is 1. The summed E-state index contributed by atoms with van der Waals surface area (Å²) >= 11 is 0. The average molecular weight is 309 g/mol. The van der Waals surface area contributed by atoms with E-state index in [4.69, 9.17) is 0 Å². The van der Waals surface area contributed by atoms with Crippen LogP contribution in [0.15, 0.2) is 35.9 Å². The van der Waals surface area contributed by atoms with E-state index in [1.807, 2.05) is 0 Å². The van der Waals surface area contributed by atoms with Crippen molar-refractivity contribution >= 4 is 10.9 Å². The first-order valence-electron chi connectivity index (χ1n) is 8.87. The molecule has 120 valence electrons. The molecule has 3 nitrogen and oxygen atoms in total. The van der Waals surface area contributed by atoms with Gasteiger partial charge in [0, 0.05) is 35.6 Å². The SMILES string of the molecule is C/C=C1/C[N+]2(C)[C@H]3C[C@H]1C(CO)[C@@H]2Cc1c3[nH]c2ccccc12. The minimum absolute atomic E-state index is 0.324. The minimum atomic E-state index is 0.324. The average Bonchev–Trinajstić information content (AvgIpc) is 2.92. The van der Waals surface area contributed by atoms with Crippen LogP contribution in [0.2, 0.25) is 0 Å². The second kappa shape index (κ2) is 4.49. The number of piperidine rings is 3. The highest BCUT2D eigenvalue weighted by Crippen LogP contribution is 2.57. The predicted octanol–water partition coefficient (Wildman–Crippen LogP) is 3.17. The molecule has 2 aromatic rings. The molecular weight excluding hydrogens is 284 g/mol. The van der Waals surface area contributed by atoms with Gasteiger partial charge in [-0.05, 0) is 24.1 Å². The second-order valence-electron chi connectivity index (χ2n) is 7.91. The Morgan fingerprint density at radius 2 is 2.17 bits per heavy atom. The number of likely N-dealkylation sites (N-methyl/N-ethyl adjacent to an activating group) is 1. The molecule has 4 bridgehead atoms. The molecule has 1 aromatic carbocycles. The zero-order chi connectivity index (χ0) is 15.8. The molecule has 2 unspecified atom stereocenters. The van der Waals surface area contributed by atoms with Crippen molar-refractivity contribution in [1.29, 1.82) is 0 Å². The van der Waals surface area contributed by atoms with E-state index >= 15 is 0 Å². The largest absolute Gasteiger partial charge is 0.396 e. The van der Waals surface area contributed by atoms with E-state index in [1.54, 1.807) is 5.57 Å². The first-order valence-corrected chi connectivity index (χ1v) is 8.87. The molecule has 23 heavy (non-hydrogen) atoms. The van der Waals surface area contributed by atoms with Gasteiger partial charge in [0.1, 0.15) is 12.6 Å². The van der Waals surface area contributed by atoms with E-state index in [2.05, 4.69) is 49.3 Å². The Morgan fingerprint density at radius 3 is 2.96 bits per heavy atom. The fourth-order valence-electron chi connectivity index (χ4n) is 6.02. The molecule has 0 saturated carbocycles. The van der Waals surface area contributed by atoms with Gasteiger partial charge in [0.2, 0.25) is 0 Å². The molecule has 4 aliphatic rings. The molecule has 6 rings (SSSR count). The van der Waals surface area contributed by atoms with Crippen LogP contribution in [0.4, 0.5) is 0 Å². The van der Waals surface area contributed by atoms with Gasteiger partial charge in [-0.2, -0.15) is 0 Å². The Bertz CT molecular complexity index is 820. The summed E-state index contributed by atoms with van der Waals surface area (Å²) in [5.41, 5.74) is 5.84. The number of quaternary nitrogens is 1. The maximum atomic E-state index is 10.1. The van der Waals surface area contributed by atoms with E-state index in [1.165, 1.54) is 28.6 Å². The quantitative estimate of drug-likeness (QED) is 0.616. The number of para-hydroxylation sites is 1. The van der Waals surface area contributed by atoms with E-state index in [0.29, 0.717) is 30.5 Å². The highest BCUT2D eigenvalue weighted by atomic mass is 16.3. The molecule has 3 heteroatoms. The van der Waals surface area contributed by atoms with E-state index < -0.39 is 0 Å². The lowest BCUT2D eigenvalue weighted by Gasteiger charge is -2.62. The van der Waals surface area contributed by atoms with E-state index in [-0.39, 0.29) is 0 Å². The van der Waals surface area contributed by atoms with E-state index in [9.17, 15) is 5.11 Å². The van der Waals surface area contributed by atoms with Crippen LogP contribution in [0.1, 0.15) is 30.6 Å². The Morgan fingerprint density at radius 1 is 1.35 bits per heavy atom. The molecule has 5 heterocycles. The number of hydrogen-bond donors (Lipinski definition) is 2. The van der Waals surface area contributed by atoms with Gasteiger partial charge in [-0.15, -0.1) is 0 Å². The van der Waals surface area contributed by atoms with Gasteiger partial charge >= 0.3 is 0 Å². The summed E-state index contributed by atoms with van der Waals surface area (Å²) < 4.78 is 1.08. The maximum absolute atomic E-state index is 10.1. The topological polar surface area (TPSA) is 36.0 Å².